The van der Waals surface area contributed by atoms with E-state index in [2.05, 4.69) is 20.4 Å². The predicted octanol–water partition coefficient (Wildman–Crippen LogP) is 2.97. The monoisotopic (exact) mass is 334 g/mol. The third-order valence-electron chi connectivity index (χ3n) is 3.80. The second-order valence-electron chi connectivity index (χ2n) is 5.44. The van der Waals surface area contributed by atoms with E-state index in [0.29, 0.717) is 29.8 Å². The lowest BCUT2D eigenvalue weighted by molar-refractivity contribution is 0.471. The first-order chi connectivity index (χ1) is 11.0. The second-order valence-corrected chi connectivity index (χ2v) is 5.82. The summed E-state index contributed by atoms with van der Waals surface area (Å²) in [6, 6.07) is 0. The molecule has 0 aliphatic rings. The Balaban J connectivity index is 1.74. The van der Waals surface area contributed by atoms with Gasteiger partial charge >= 0.3 is 0 Å². The van der Waals surface area contributed by atoms with Crippen molar-refractivity contribution in [1.29, 1.82) is 0 Å². The van der Waals surface area contributed by atoms with Crippen LogP contribution in [0, 0.1) is 20.8 Å². The van der Waals surface area contributed by atoms with Crippen LogP contribution in [-0.4, -0.2) is 29.8 Å². The molecule has 0 N–H and O–H groups in total. The molecule has 0 spiro atoms. The van der Waals surface area contributed by atoms with Crippen LogP contribution in [-0.2, 0) is 19.5 Å². The standard InChI is InChI=1S/C15H19ClN6O/c1-5-21-8-12(9(2)19-21)15-18-17-13(23-15)6-7-22-11(4)14(16)10(3)20-22/h8H,5-7H2,1-4H3. The Morgan fingerprint density at radius 1 is 1.13 bits per heavy atom. The Morgan fingerprint density at radius 3 is 2.52 bits per heavy atom. The van der Waals surface area contributed by atoms with Gasteiger partial charge in [0.1, 0.15) is 0 Å². The molecule has 0 aromatic carbocycles. The summed E-state index contributed by atoms with van der Waals surface area (Å²) in [5, 5.41) is 17.7. The number of hydrogen-bond acceptors (Lipinski definition) is 5. The highest BCUT2D eigenvalue weighted by molar-refractivity contribution is 6.31. The van der Waals surface area contributed by atoms with Crippen LogP contribution in [0.3, 0.4) is 0 Å². The van der Waals surface area contributed by atoms with E-state index < -0.39 is 0 Å². The highest BCUT2D eigenvalue weighted by Gasteiger charge is 2.15. The van der Waals surface area contributed by atoms with Gasteiger partial charge in [0, 0.05) is 25.7 Å². The van der Waals surface area contributed by atoms with Crippen molar-refractivity contribution in [2.75, 3.05) is 0 Å². The minimum Gasteiger partial charge on any atom is -0.421 e. The van der Waals surface area contributed by atoms with Crippen molar-refractivity contribution in [2.24, 2.45) is 0 Å². The zero-order valence-electron chi connectivity index (χ0n) is 13.7. The molecule has 3 rings (SSSR count). The summed E-state index contributed by atoms with van der Waals surface area (Å²) in [6.07, 6.45) is 2.53. The zero-order chi connectivity index (χ0) is 16.6. The van der Waals surface area contributed by atoms with Crippen molar-refractivity contribution in [3.05, 3.63) is 34.2 Å². The number of hydrogen-bond donors (Lipinski definition) is 0. The summed E-state index contributed by atoms with van der Waals surface area (Å²) in [5.74, 6) is 1.08. The van der Waals surface area contributed by atoms with Gasteiger partial charge in [0.05, 0.1) is 27.7 Å². The molecule has 0 unspecified atom stereocenters. The minimum atomic E-state index is 0.503. The molecule has 0 bridgehead atoms. The summed E-state index contributed by atoms with van der Waals surface area (Å²) < 4.78 is 9.47. The van der Waals surface area contributed by atoms with E-state index in [1.165, 1.54) is 0 Å². The SMILES string of the molecule is CCn1cc(-c2nnc(CCn3nc(C)c(Cl)c3C)o2)c(C)n1. The first kappa shape index (κ1) is 15.7. The van der Waals surface area contributed by atoms with Crippen LogP contribution in [0.2, 0.25) is 5.02 Å². The number of aryl methyl sites for hydroxylation is 5. The summed E-state index contributed by atoms with van der Waals surface area (Å²) in [7, 11) is 0. The highest BCUT2D eigenvalue weighted by atomic mass is 35.5. The summed E-state index contributed by atoms with van der Waals surface area (Å²) >= 11 is 6.15. The fourth-order valence-corrected chi connectivity index (χ4v) is 2.58. The van der Waals surface area contributed by atoms with Gasteiger partial charge in [0.2, 0.25) is 5.89 Å². The molecule has 3 aromatic heterocycles. The van der Waals surface area contributed by atoms with Gasteiger partial charge in [-0.1, -0.05) is 11.6 Å². The molecule has 0 saturated heterocycles. The summed E-state index contributed by atoms with van der Waals surface area (Å²) in [5.41, 5.74) is 3.54. The molecule has 3 heterocycles. The lowest BCUT2D eigenvalue weighted by atomic mass is 10.3. The van der Waals surface area contributed by atoms with E-state index in [4.69, 9.17) is 16.0 Å². The quantitative estimate of drug-likeness (QED) is 0.717. The third-order valence-corrected chi connectivity index (χ3v) is 4.35. The fourth-order valence-electron chi connectivity index (χ4n) is 2.45. The number of nitrogens with zero attached hydrogens (tertiary/aromatic N) is 6. The molecule has 0 aliphatic carbocycles. The van der Waals surface area contributed by atoms with Crippen LogP contribution in [0.25, 0.3) is 11.5 Å². The molecule has 0 radical (unpaired) electrons. The molecular formula is C15H19ClN6O. The van der Waals surface area contributed by atoms with Crippen LogP contribution in [0.15, 0.2) is 10.6 Å². The molecule has 0 amide bonds. The van der Waals surface area contributed by atoms with Crippen molar-refractivity contribution in [3.63, 3.8) is 0 Å². The smallest absolute Gasteiger partial charge is 0.251 e. The number of aromatic nitrogens is 6. The predicted molar refractivity (Wildman–Crippen MR) is 86.3 cm³/mol. The molecular weight excluding hydrogens is 316 g/mol. The van der Waals surface area contributed by atoms with Crippen LogP contribution >= 0.6 is 11.6 Å². The average Bonchev–Trinajstić information content (AvgIpc) is 3.20. The topological polar surface area (TPSA) is 74.6 Å². The zero-order valence-corrected chi connectivity index (χ0v) is 14.4. The first-order valence-corrected chi connectivity index (χ1v) is 7.93. The first-order valence-electron chi connectivity index (χ1n) is 7.56. The van der Waals surface area contributed by atoms with Gasteiger partial charge in [0.25, 0.3) is 5.89 Å². The summed E-state index contributed by atoms with van der Waals surface area (Å²) in [4.78, 5) is 0. The number of rotatable bonds is 5. The van der Waals surface area contributed by atoms with Gasteiger partial charge in [-0.2, -0.15) is 10.2 Å². The molecule has 0 aliphatic heterocycles. The van der Waals surface area contributed by atoms with E-state index in [1.807, 2.05) is 43.3 Å². The van der Waals surface area contributed by atoms with E-state index in [9.17, 15) is 0 Å². The van der Waals surface area contributed by atoms with E-state index in [1.54, 1.807) is 0 Å². The van der Waals surface area contributed by atoms with Crippen LogP contribution < -0.4 is 0 Å². The Hall–Kier alpha value is -2.15. The van der Waals surface area contributed by atoms with Gasteiger partial charge in [-0.05, 0) is 27.7 Å². The van der Waals surface area contributed by atoms with E-state index in [-0.39, 0.29) is 0 Å². The van der Waals surface area contributed by atoms with Crippen molar-refractivity contribution in [1.82, 2.24) is 29.8 Å². The Kier molecular flexibility index (Phi) is 4.21. The van der Waals surface area contributed by atoms with Crippen molar-refractivity contribution >= 4 is 11.6 Å². The highest BCUT2D eigenvalue weighted by Crippen LogP contribution is 2.22. The lowest BCUT2D eigenvalue weighted by Crippen LogP contribution is -2.05. The van der Waals surface area contributed by atoms with Crippen molar-refractivity contribution in [2.45, 2.75) is 47.2 Å². The molecule has 0 fully saturated rings. The fraction of sp³-hybridized carbons (Fsp3) is 0.467. The largest absolute Gasteiger partial charge is 0.421 e. The van der Waals surface area contributed by atoms with Gasteiger partial charge in [-0.3, -0.25) is 9.36 Å². The minimum absolute atomic E-state index is 0.503. The van der Waals surface area contributed by atoms with Crippen LogP contribution in [0.4, 0.5) is 0 Å². The van der Waals surface area contributed by atoms with Gasteiger partial charge in [0.15, 0.2) is 0 Å². The normalized spacial score (nSPS) is 11.3. The Morgan fingerprint density at radius 2 is 1.91 bits per heavy atom. The molecule has 122 valence electrons. The molecule has 0 atom stereocenters. The van der Waals surface area contributed by atoms with Crippen LogP contribution in [0.5, 0.6) is 0 Å². The van der Waals surface area contributed by atoms with E-state index in [0.717, 1.165) is 29.2 Å². The average molecular weight is 335 g/mol. The lowest BCUT2D eigenvalue weighted by Gasteiger charge is -2.01. The molecule has 3 aromatic rings. The maximum Gasteiger partial charge on any atom is 0.251 e. The van der Waals surface area contributed by atoms with Gasteiger partial charge in [-0.25, -0.2) is 0 Å². The Bertz CT molecular complexity index is 831. The third kappa shape index (κ3) is 3.01. The van der Waals surface area contributed by atoms with E-state index >= 15 is 0 Å². The van der Waals surface area contributed by atoms with Crippen molar-refractivity contribution < 1.29 is 4.42 Å². The Labute approximate surface area is 139 Å². The maximum atomic E-state index is 6.15. The van der Waals surface area contributed by atoms with Crippen LogP contribution in [0.1, 0.15) is 29.9 Å². The number of halogens is 1. The second kappa shape index (κ2) is 6.16. The molecule has 23 heavy (non-hydrogen) atoms. The summed E-state index contributed by atoms with van der Waals surface area (Å²) in [6.45, 7) is 9.27. The molecule has 7 nitrogen and oxygen atoms in total. The molecule has 0 saturated carbocycles. The van der Waals surface area contributed by atoms with Gasteiger partial charge in [-0.15, -0.1) is 10.2 Å². The van der Waals surface area contributed by atoms with Crippen molar-refractivity contribution in [3.8, 4) is 11.5 Å². The van der Waals surface area contributed by atoms with Gasteiger partial charge < -0.3 is 4.42 Å². The molecule has 8 heteroatoms. The maximum absolute atomic E-state index is 6.15.